The van der Waals surface area contributed by atoms with E-state index in [9.17, 15) is 9.59 Å². The van der Waals surface area contributed by atoms with E-state index in [1.54, 1.807) is 31.6 Å². The third kappa shape index (κ3) is 8.60. The second-order valence-electron chi connectivity index (χ2n) is 14.4. The number of pyridine rings is 1. The number of aliphatic imine (C=N–C) groups is 1. The largest absolute Gasteiger partial charge is 0.481 e. The van der Waals surface area contributed by atoms with E-state index in [0.717, 1.165) is 66.8 Å². The average molecular weight is 674 g/mol. The molecule has 2 aromatic rings. The van der Waals surface area contributed by atoms with Gasteiger partial charge in [0.25, 0.3) is 0 Å². The zero-order valence-electron chi connectivity index (χ0n) is 29.4. The van der Waals surface area contributed by atoms with Crippen molar-refractivity contribution in [2.75, 3.05) is 38.8 Å². The minimum absolute atomic E-state index is 0.0860. The topological polar surface area (TPSA) is 120 Å². The fourth-order valence-electron chi connectivity index (χ4n) is 7.17. The van der Waals surface area contributed by atoms with Gasteiger partial charge in [-0.2, -0.15) is 0 Å². The molecule has 0 N–H and O–H groups in total. The van der Waals surface area contributed by atoms with Crippen molar-refractivity contribution in [2.45, 2.75) is 96.2 Å². The SMILES string of the molecule is C=C(C=NC(OC)=C(C)C)C1CCC(CN(C(=O)C2CCC(OC(=O)N3CC(OC)C3)CC2)c2cc(-c3coc(C4CC4)n3)ccn2)CC1. The molecule has 4 fully saturated rings. The summed E-state index contributed by atoms with van der Waals surface area (Å²) in [6.45, 7) is 10.0. The van der Waals surface area contributed by atoms with Gasteiger partial charge in [-0.1, -0.05) is 6.58 Å². The molecule has 49 heavy (non-hydrogen) atoms. The highest BCUT2D eigenvalue weighted by atomic mass is 16.6. The number of amides is 2. The van der Waals surface area contributed by atoms with Gasteiger partial charge in [0.15, 0.2) is 5.89 Å². The molecule has 264 valence electrons. The third-order valence-corrected chi connectivity index (χ3v) is 10.5. The number of anilines is 1. The fourth-order valence-corrected chi connectivity index (χ4v) is 7.17. The second kappa shape index (κ2) is 15.7. The number of aromatic nitrogens is 2. The van der Waals surface area contributed by atoms with E-state index in [1.165, 1.54) is 0 Å². The van der Waals surface area contributed by atoms with Crippen LogP contribution in [0.1, 0.15) is 89.9 Å². The van der Waals surface area contributed by atoms with E-state index in [-0.39, 0.29) is 30.1 Å². The molecular formula is C38H51N5O6. The molecule has 2 amide bonds. The van der Waals surface area contributed by atoms with E-state index < -0.39 is 0 Å². The van der Waals surface area contributed by atoms with Gasteiger partial charge in [0, 0.05) is 43.5 Å². The Morgan fingerprint density at radius 1 is 1.02 bits per heavy atom. The molecular weight excluding hydrogens is 622 g/mol. The summed E-state index contributed by atoms with van der Waals surface area (Å²) in [5.74, 6) is 3.09. The maximum atomic E-state index is 14.4. The summed E-state index contributed by atoms with van der Waals surface area (Å²) in [6, 6.07) is 3.90. The first-order valence-corrected chi connectivity index (χ1v) is 17.9. The number of nitrogens with zero attached hydrogens (tertiary/aromatic N) is 5. The average Bonchev–Trinajstić information content (AvgIpc) is 3.82. The van der Waals surface area contributed by atoms with Crippen LogP contribution in [0.25, 0.3) is 11.3 Å². The Balaban J connectivity index is 1.11. The van der Waals surface area contributed by atoms with Gasteiger partial charge in [-0.05, 0) is 113 Å². The summed E-state index contributed by atoms with van der Waals surface area (Å²) >= 11 is 0. The first-order chi connectivity index (χ1) is 23.7. The minimum atomic E-state index is -0.288. The lowest BCUT2D eigenvalue weighted by molar-refractivity contribution is -0.124. The van der Waals surface area contributed by atoms with Crippen molar-refractivity contribution in [3.05, 3.63) is 54.1 Å². The molecule has 1 saturated heterocycles. The van der Waals surface area contributed by atoms with Crippen molar-refractivity contribution >= 4 is 24.0 Å². The Morgan fingerprint density at radius 3 is 2.39 bits per heavy atom. The van der Waals surface area contributed by atoms with Gasteiger partial charge in [0.2, 0.25) is 11.8 Å². The lowest BCUT2D eigenvalue weighted by Crippen LogP contribution is -2.55. The molecule has 3 aliphatic carbocycles. The lowest BCUT2D eigenvalue weighted by atomic mass is 9.78. The van der Waals surface area contributed by atoms with Gasteiger partial charge in [0.1, 0.15) is 23.9 Å². The van der Waals surface area contributed by atoms with Crippen LogP contribution >= 0.6 is 0 Å². The van der Waals surface area contributed by atoms with Crippen molar-refractivity contribution in [1.29, 1.82) is 0 Å². The molecule has 0 atom stereocenters. The second-order valence-corrected chi connectivity index (χ2v) is 14.4. The Hall–Kier alpha value is -3.99. The predicted octanol–water partition coefficient (Wildman–Crippen LogP) is 7.30. The van der Waals surface area contributed by atoms with E-state index in [2.05, 4.69) is 11.6 Å². The highest BCUT2D eigenvalue weighted by Crippen LogP contribution is 2.41. The molecule has 6 rings (SSSR count). The first kappa shape index (κ1) is 34.9. The Kier molecular flexibility index (Phi) is 11.2. The molecule has 0 aromatic carbocycles. The molecule has 0 bridgehead atoms. The number of methoxy groups -OCH3 is 2. The summed E-state index contributed by atoms with van der Waals surface area (Å²) in [5, 5.41) is 0. The summed E-state index contributed by atoms with van der Waals surface area (Å²) in [7, 11) is 3.29. The molecule has 0 spiro atoms. The molecule has 3 saturated carbocycles. The van der Waals surface area contributed by atoms with Gasteiger partial charge < -0.3 is 23.5 Å². The Labute approximate surface area is 289 Å². The maximum Gasteiger partial charge on any atom is 0.410 e. The fraction of sp³-hybridized carbons (Fsp3) is 0.605. The van der Waals surface area contributed by atoms with Crippen molar-refractivity contribution in [2.24, 2.45) is 22.7 Å². The molecule has 3 heterocycles. The number of carbonyl (C=O) groups excluding carboxylic acids is 2. The molecule has 2 aromatic heterocycles. The number of allylic oxidation sites excluding steroid dienone is 2. The van der Waals surface area contributed by atoms with Crippen LogP contribution in [-0.2, 0) is 19.0 Å². The summed E-state index contributed by atoms with van der Waals surface area (Å²) < 4.78 is 22.2. The van der Waals surface area contributed by atoms with E-state index in [4.69, 9.17) is 28.6 Å². The number of rotatable bonds is 12. The van der Waals surface area contributed by atoms with Crippen molar-refractivity contribution in [1.82, 2.24) is 14.9 Å². The van der Waals surface area contributed by atoms with Crippen LogP contribution in [0.2, 0.25) is 0 Å². The minimum Gasteiger partial charge on any atom is -0.481 e. The van der Waals surface area contributed by atoms with Crippen LogP contribution < -0.4 is 4.90 Å². The van der Waals surface area contributed by atoms with Crippen molar-refractivity contribution < 1.29 is 28.2 Å². The molecule has 1 aliphatic heterocycles. The summed E-state index contributed by atoms with van der Waals surface area (Å²) in [6.07, 6.45) is 13.8. The summed E-state index contributed by atoms with van der Waals surface area (Å²) in [5.41, 5.74) is 3.69. The Morgan fingerprint density at radius 2 is 1.73 bits per heavy atom. The van der Waals surface area contributed by atoms with Crippen LogP contribution in [0.15, 0.2) is 57.6 Å². The summed E-state index contributed by atoms with van der Waals surface area (Å²) in [4.78, 5) is 44.5. The highest BCUT2D eigenvalue weighted by Gasteiger charge is 2.37. The molecule has 11 heteroatoms. The number of likely N-dealkylation sites (tertiary alicyclic amines) is 1. The van der Waals surface area contributed by atoms with Crippen LogP contribution in [-0.4, -0.2) is 79.1 Å². The van der Waals surface area contributed by atoms with Crippen molar-refractivity contribution in [3.63, 3.8) is 0 Å². The number of carbonyl (C=O) groups is 2. The van der Waals surface area contributed by atoms with Crippen LogP contribution in [0, 0.1) is 17.8 Å². The predicted molar refractivity (Wildman–Crippen MR) is 187 cm³/mol. The highest BCUT2D eigenvalue weighted by molar-refractivity contribution is 5.94. The van der Waals surface area contributed by atoms with Crippen molar-refractivity contribution in [3.8, 4) is 11.3 Å². The number of hydrogen-bond acceptors (Lipinski definition) is 9. The zero-order valence-corrected chi connectivity index (χ0v) is 29.4. The van der Waals surface area contributed by atoms with E-state index >= 15 is 0 Å². The monoisotopic (exact) mass is 673 g/mol. The smallest absolute Gasteiger partial charge is 0.410 e. The maximum absolute atomic E-state index is 14.4. The van der Waals surface area contributed by atoms with E-state index in [0.29, 0.717) is 74.8 Å². The quantitative estimate of drug-likeness (QED) is 0.170. The van der Waals surface area contributed by atoms with Crippen LogP contribution in [0.5, 0.6) is 0 Å². The van der Waals surface area contributed by atoms with E-state index in [1.807, 2.05) is 37.1 Å². The normalized spacial score (nSPS) is 24.3. The molecule has 11 nitrogen and oxygen atoms in total. The number of ether oxygens (including phenoxy) is 3. The molecule has 0 unspecified atom stereocenters. The zero-order chi connectivity index (χ0) is 34.5. The van der Waals surface area contributed by atoms with Gasteiger partial charge in [-0.15, -0.1) is 0 Å². The lowest BCUT2D eigenvalue weighted by Gasteiger charge is -2.39. The first-order valence-electron chi connectivity index (χ1n) is 17.9. The number of oxazole rings is 1. The van der Waals surface area contributed by atoms with Crippen LogP contribution in [0.4, 0.5) is 10.6 Å². The van der Waals surface area contributed by atoms with Gasteiger partial charge in [-0.3, -0.25) is 9.69 Å². The van der Waals surface area contributed by atoms with Gasteiger partial charge >= 0.3 is 6.09 Å². The van der Waals surface area contributed by atoms with Crippen LogP contribution in [0.3, 0.4) is 0 Å². The van der Waals surface area contributed by atoms with Gasteiger partial charge in [0.05, 0.1) is 26.3 Å². The molecule has 4 aliphatic rings. The third-order valence-electron chi connectivity index (χ3n) is 10.5. The standard InChI is InChI=1S/C38H51N5O6/c1-24(2)35(47-5)40-19-25(3)27-8-6-26(7-9-27)20-43(34-18-30(16-17-39-34)33-23-48-36(41-33)28-10-11-28)37(44)29-12-14-31(15-13-29)49-38(45)42-21-32(22-42)46-4/h16-19,23,26-29,31-32H,3,6-15,20-22H2,1-2,4-5H3. The Bertz CT molecular complexity index is 1540. The molecule has 0 radical (unpaired) electrons. The van der Waals surface area contributed by atoms with Gasteiger partial charge in [-0.25, -0.2) is 19.8 Å². The number of hydrogen-bond donors (Lipinski definition) is 0.